The van der Waals surface area contributed by atoms with Crippen molar-refractivity contribution in [3.8, 4) is 5.75 Å². The Morgan fingerprint density at radius 2 is 1.68 bits per heavy atom. The smallest absolute Gasteiger partial charge is 0.169 e. The van der Waals surface area contributed by atoms with Gasteiger partial charge in [0, 0.05) is 23.8 Å². The fourth-order valence-electron chi connectivity index (χ4n) is 3.49. The van der Waals surface area contributed by atoms with Crippen molar-refractivity contribution in [2.24, 2.45) is 0 Å². The van der Waals surface area contributed by atoms with Crippen molar-refractivity contribution in [3.05, 3.63) is 47.5 Å². The van der Waals surface area contributed by atoms with E-state index >= 15 is 0 Å². The molecule has 1 heterocycles. The number of allylic oxidation sites excluding steroid dienone is 1. The molecular weight excluding hydrogens is 276 g/mol. The molecule has 22 heavy (non-hydrogen) atoms. The first kappa shape index (κ1) is 13.8. The number of phenols is 1. The zero-order valence-electron chi connectivity index (χ0n) is 12.5. The minimum atomic E-state index is -0.331. The molecule has 0 atom stereocenters. The maximum atomic E-state index is 10.5. The Bertz CT molecular complexity index is 715. The third-order valence-electron chi connectivity index (χ3n) is 4.76. The summed E-state index contributed by atoms with van der Waals surface area (Å²) in [5.74, 6) is 0.0437. The molecule has 1 aliphatic carbocycles. The summed E-state index contributed by atoms with van der Waals surface area (Å²) in [6, 6.07) is 12.0. The molecule has 1 N–H and O–H groups in total. The maximum Gasteiger partial charge on any atom is 0.169 e. The number of rotatable bonds is 1. The van der Waals surface area contributed by atoms with Crippen LogP contribution in [-0.4, -0.2) is 24.1 Å². The fraction of sp³-hybridized carbons (Fsp3) is 0.368. The van der Waals surface area contributed by atoms with Crippen LogP contribution in [0.1, 0.15) is 31.2 Å². The van der Waals surface area contributed by atoms with E-state index in [9.17, 15) is 5.11 Å². The highest BCUT2D eigenvalue weighted by Gasteiger charge is 2.38. The van der Waals surface area contributed by atoms with Crippen LogP contribution < -0.4 is 0 Å². The SMILES string of the molecule is Oc1c(C=C2CCC3(CC2)OCCO3)ccc2ccccc12. The van der Waals surface area contributed by atoms with E-state index in [1.807, 2.05) is 30.3 Å². The lowest BCUT2D eigenvalue weighted by Crippen LogP contribution is -2.33. The molecule has 2 fully saturated rings. The van der Waals surface area contributed by atoms with Crippen LogP contribution in [0.2, 0.25) is 0 Å². The standard InChI is InChI=1S/C19H20O3/c20-18-16(6-5-15-3-1-2-4-17(15)18)13-14-7-9-19(10-8-14)21-11-12-22-19/h1-6,13,20H,7-12H2. The van der Waals surface area contributed by atoms with Crippen LogP contribution in [0, 0.1) is 0 Å². The zero-order chi connectivity index (χ0) is 15.0. The summed E-state index contributed by atoms with van der Waals surface area (Å²) < 4.78 is 11.5. The van der Waals surface area contributed by atoms with Gasteiger partial charge >= 0.3 is 0 Å². The monoisotopic (exact) mass is 296 g/mol. The van der Waals surface area contributed by atoms with Crippen LogP contribution in [0.5, 0.6) is 5.75 Å². The molecule has 3 nitrogen and oxygen atoms in total. The van der Waals surface area contributed by atoms with Crippen LogP contribution in [0.4, 0.5) is 0 Å². The van der Waals surface area contributed by atoms with Gasteiger partial charge in [0.15, 0.2) is 5.79 Å². The summed E-state index contributed by atoms with van der Waals surface area (Å²) >= 11 is 0. The number of hydrogen-bond donors (Lipinski definition) is 1. The van der Waals surface area contributed by atoms with Gasteiger partial charge in [-0.15, -0.1) is 0 Å². The van der Waals surface area contributed by atoms with Crippen molar-refractivity contribution in [3.63, 3.8) is 0 Å². The first-order chi connectivity index (χ1) is 10.8. The predicted molar refractivity (Wildman–Crippen MR) is 86.7 cm³/mol. The Balaban J connectivity index is 1.59. The van der Waals surface area contributed by atoms with Gasteiger partial charge in [-0.25, -0.2) is 0 Å². The molecule has 4 rings (SSSR count). The van der Waals surface area contributed by atoms with E-state index in [2.05, 4.69) is 12.1 Å². The van der Waals surface area contributed by atoms with Crippen molar-refractivity contribution in [1.82, 2.24) is 0 Å². The number of phenolic OH excluding ortho intramolecular Hbond substituents is 1. The molecule has 1 aliphatic heterocycles. The molecule has 0 unspecified atom stereocenters. The summed E-state index contributed by atoms with van der Waals surface area (Å²) in [6.07, 6.45) is 5.88. The van der Waals surface area contributed by atoms with Crippen molar-refractivity contribution in [2.45, 2.75) is 31.5 Å². The normalized spacial score (nSPS) is 20.6. The minimum absolute atomic E-state index is 0.331. The molecule has 0 amide bonds. The molecule has 0 bridgehead atoms. The fourth-order valence-corrected chi connectivity index (χ4v) is 3.49. The molecule has 114 valence electrons. The Hall–Kier alpha value is -1.84. The summed E-state index contributed by atoms with van der Waals surface area (Å²) in [6.45, 7) is 1.43. The first-order valence-corrected chi connectivity index (χ1v) is 7.94. The van der Waals surface area contributed by atoms with E-state index in [1.54, 1.807) is 0 Å². The van der Waals surface area contributed by atoms with E-state index in [1.165, 1.54) is 5.57 Å². The summed E-state index contributed by atoms with van der Waals surface area (Å²) in [4.78, 5) is 0. The summed E-state index contributed by atoms with van der Waals surface area (Å²) in [5, 5.41) is 12.5. The van der Waals surface area contributed by atoms with Crippen LogP contribution in [0.3, 0.4) is 0 Å². The highest BCUT2D eigenvalue weighted by molar-refractivity contribution is 5.91. The molecule has 1 saturated heterocycles. The van der Waals surface area contributed by atoms with E-state index in [-0.39, 0.29) is 5.79 Å². The third kappa shape index (κ3) is 2.40. The molecule has 1 spiro atoms. The van der Waals surface area contributed by atoms with Crippen molar-refractivity contribution in [2.75, 3.05) is 13.2 Å². The lowest BCUT2D eigenvalue weighted by atomic mass is 9.88. The summed E-state index contributed by atoms with van der Waals surface area (Å²) in [7, 11) is 0. The van der Waals surface area contributed by atoms with Gasteiger partial charge in [-0.3, -0.25) is 0 Å². The zero-order valence-corrected chi connectivity index (χ0v) is 12.5. The lowest BCUT2D eigenvalue weighted by Gasteiger charge is -2.32. The second-order valence-corrected chi connectivity index (χ2v) is 6.13. The number of hydrogen-bond acceptors (Lipinski definition) is 3. The molecule has 3 heteroatoms. The van der Waals surface area contributed by atoms with Crippen molar-refractivity contribution >= 4 is 16.8 Å². The van der Waals surface area contributed by atoms with E-state index in [0.717, 1.165) is 42.0 Å². The van der Waals surface area contributed by atoms with Gasteiger partial charge < -0.3 is 14.6 Å². The highest BCUT2D eigenvalue weighted by atomic mass is 16.7. The molecule has 0 aromatic heterocycles. The second-order valence-electron chi connectivity index (χ2n) is 6.13. The van der Waals surface area contributed by atoms with E-state index < -0.39 is 0 Å². The second kappa shape index (κ2) is 5.41. The topological polar surface area (TPSA) is 38.7 Å². The molecule has 1 saturated carbocycles. The lowest BCUT2D eigenvalue weighted by molar-refractivity contribution is -0.171. The summed E-state index contributed by atoms with van der Waals surface area (Å²) in [5.41, 5.74) is 2.26. The Morgan fingerprint density at radius 1 is 0.955 bits per heavy atom. The number of ether oxygens (including phenoxy) is 2. The molecule has 0 radical (unpaired) electrons. The van der Waals surface area contributed by atoms with E-state index in [4.69, 9.17) is 9.47 Å². The first-order valence-electron chi connectivity index (χ1n) is 7.94. The quantitative estimate of drug-likeness (QED) is 0.855. The number of benzene rings is 2. The predicted octanol–water partition coefficient (Wildman–Crippen LogP) is 4.25. The van der Waals surface area contributed by atoms with Crippen molar-refractivity contribution < 1.29 is 14.6 Å². The average Bonchev–Trinajstić information content (AvgIpc) is 3.01. The Labute approximate surface area is 130 Å². The number of fused-ring (bicyclic) bond motifs is 1. The van der Waals surface area contributed by atoms with Gasteiger partial charge in [0.25, 0.3) is 0 Å². The molecule has 2 aromatic carbocycles. The van der Waals surface area contributed by atoms with E-state index in [0.29, 0.717) is 19.0 Å². The largest absolute Gasteiger partial charge is 0.507 e. The molecular formula is C19H20O3. The number of aromatic hydroxyl groups is 1. The van der Waals surface area contributed by atoms with Crippen LogP contribution >= 0.6 is 0 Å². The Morgan fingerprint density at radius 3 is 2.45 bits per heavy atom. The van der Waals surface area contributed by atoms with Crippen molar-refractivity contribution in [1.29, 1.82) is 0 Å². The highest BCUT2D eigenvalue weighted by Crippen LogP contribution is 2.39. The maximum absolute atomic E-state index is 10.5. The van der Waals surface area contributed by atoms with Gasteiger partial charge in [-0.2, -0.15) is 0 Å². The van der Waals surface area contributed by atoms with Gasteiger partial charge in [0.05, 0.1) is 13.2 Å². The van der Waals surface area contributed by atoms with Gasteiger partial charge in [0.1, 0.15) is 5.75 Å². The van der Waals surface area contributed by atoms with Gasteiger partial charge in [0.2, 0.25) is 0 Å². The average molecular weight is 296 g/mol. The van der Waals surface area contributed by atoms with Crippen LogP contribution in [0.15, 0.2) is 42.0 Å². The Kier molecular flexibility index (Phi) is 3.40. The molecule has 2 aromatic rings. The van der Waals surface area contributed by atoms with Gasteiger partial charge in [-0.05, 0) is 18.2 Å². The van der Waals surface area contributed by atoms with Crippen LogP contribution in [0.25, 0.3) is 16.8 Å². The minimum Gasteiger partial charge on any atom is -0.507 e. The third-order valence-corrected chi connectivity index (χ3v) is 4.76. The van der Waals surface area contributed by atoms with Gasteiger partial charge in [-0.1, -0.05) is 48.0 Å². The van der Waals surface area contributed by atoms with Crippen LogP contribution in [-0.2, 0) is 9.47 Å². The molecule has 2 aliphatic rings.